The van der Waals surface area contributed by atoms with E-state index in [0.29, 0.717) is 19.3 Å². The molecule has 34 heavy (non-hydrogen) atoms. The molecule has 0 radical (unpaired) electrons. The van der Waals surface area contributed by atoms with Crippen LogP contribution in [0.1, 0.15) is 157 Å². The fraction of sp³-hybridized carbons (Fsp3) is 0.931. The summed E-state index contributed by atoms with van der Waals surface area (Å²) in [6.45, 7) is 11.8. The van der Waals surface area contributed by atoms with Gasteiger partial charge in [0.2, 0.25) is 0 Å². The number of hydroxylamine groups is 2. The van der Waals surface area contributed by atoms with Gasteiger partial charge in [-0.25, -0.2) is 0 Å². The lowest BCUT2D eigenvalue weighted by atomic mass is 9.80. The lowest BCUT2D eigenvalue weighted by molar-refractivity contribution is -0.276. The minimum atomic E-state index is -0.382. The van der Waals surface area contributed by atoms with E-state index in [9.17, 15) is 9.59 Å². The lowest BCUT2D eigenvalue weighted by Gasteiger charge is -2.52. The van der Waals surface area contributed by atoms with Gasteiger partial charge in [-0.2, -0.15) is 0 Å². The van der Waals surface area contributed by atoms with Gasteiger partial charge in [0.15, 0.2) is 0 Å². The van der Waals surface area contributed by atoms with E-state index in [1.54, 1.807) is 5.06 Å². The second kappa shape index (κ2) is 16.5. The van der Waals surface area contributed by atoms with E-state index in [4.69, 9.17) is 9.57 Å². The molecule has 5 heteroatoms. The molecule has 1 aliphatic rings. The van der Waals surface area contributed by atoms with Crippen molar-refractivity contribution in [1.29, 1.82) is 0 Å². The van der Waals surface area contributed by atoms with Crippen molar-refractivity contribution >= 4 is 11.9 Å². The molecule has 200 valence electrons. The van der Waals surface area contributed by atoms with Crippen LogP contribution in [-0.2, 0) is 19.2 Å². The summed E-state index contributed by atoms with van der Waals surface area (Å²) >= 11 is 0. The van der Waals surface area contributed by atoms with Gasteiger partial charge in [-0.15, -0.1) is 5.06 Å². The van der Waals surface area contributed by atoms with E-state index in [1.165, 1.54) is 90.4 Å². The second-order valence-electron chi connectivity index (χ2n) is 11.7. The Balaban J connectivity index is 2.06. The van der Waals surface area contributed by atoms with Crippen LogP contribution in [0.2, 0.25) is 0 Å². The summed E-state index contributed by atoms with van der Waals surface area (Å²) in [6.07, 6.45) is 21.5. The van der Waals surface area contributed by atoms with Crippen molar-refractivity contribution in [2.45, 2.75) is 174 Å². The summed E-state index contributed by atoms with van der Waals surface area (Å²) < 4.78 is 5.83. The van der Waals surface area contributed by atoms with E-state index in [1.807, 2.05) is 27.7 Å². The van der Waals surface area contributed by atoms with Crippen LogP contribution in [0.25, 0.3) is 0 Å². The molecule has 1 saturated heterocycles. The first-order valence-electron chi connectivity index (χ1n) is 14.3. The lowest BCUT2D eigenvalue weighted by Crippen LogP contribution is -2.62. The second-order valence-corrected chi connectivity index (χ2v) is 11.7. The van der Waals surface area contributed by atoms with E-state index in [2.05, 4.69) is 6.92 Å². The molecule has 0 aromatic rings. The minimum absolute atomic E-state index is 0.0905. The number of rotatable bonds is 18. The molecule has 1 heterocycles. The highest BCUT2D eigenvalue weighted by Gasteiger charge is 2.49. The average molecular weight is 482 g/mol. The van der Waals surface area contributed by atoms with Crippen molar-refractivity contribution in [1.82, 2.24) is 5.06 Å². The summed E-state index contributed by atoms with van der Waals surface area (Å²) in [7, 11) is 0. The van der Waals surface area contributed by atoms with Gasteiger partial charge < -0.3 is 9.57 Å². The third kappa shape index (κ3) is 13.1. The zero-order valence-electron chi connectivity index (χ0n) is 23.4. The molecule has 0 spiro atoms. The number of nitrogens with zero attached hydrogens (tertiary/aromatic N) is 1. The fourth-order valence-electron chi connectivity index (χ4n) is 5.52. The molecule has 1 fully saturated rings. The van der Waals surface area contributed by atoms with E-state index in [-0.39, 0.29) is 29.1 Å². The molecule has 0 unspecified atom stereocenters. The molecule has 0 amide bonds. The zero-order chi connectivity index (χ0) is 25.5. The Hall–Kier alpha value is -1.10. The Bertz CT molecular complexity index is 554. The van der Waals surface area contributed by atoms with Crippen LogP contribution in [0, 0.1) is 0 Å². The molecule has 0 aliphatic carbocycles. The Labute approximate surface area is 210 Å². The van der Waals surface area contributed by atoms with Gasteiger partial charge in [-0.1, -0.05) is 96.8 Å². The predicted octanol–water partition coefficient (Wildman–Crippen LogP) is 8.29. The van der Waals surface area contributed by atoms with Crippen molar-refractivity contribution in [2.24, 2.45) is 0 Å². The maximum absolute atomic E-state index is 12.4. The molecule has 5 nitrogen and oxygen atoms in total. The fourth-order valence-corrected chi connectivity index (χ4v) is 5.52. The molecule has 1 aliphatic heterocycles. The Morgan fingerprint density at radius 1 is 0.706 bits per heavy atom. The molecule has 0 aromatic heterocycles. The molecule has 0 atom stereocenters. The quantitative estimate of drug-likeness (QED) is 0.146. The smallest absolute Gasteiger partial charge is 0.322 e. The van der Waals surface area contributed by atoms with Gasteiger partial charge in [0.05, 0.1) is 11.1 Å². The standard InChI is InChI=1S/C29H55NO4/c1-7-8-9-10-11-12-13-14-15-16-17-18-19-20-21-22-27(32)33-26-23-28(3,4)30(34-25(2)31)29(5,6)24-26/h26H,7-24H2,1-6H3. The monoisotopic (exact) mass is 481 g/mol. The number of unbranched alkanes of at least 4 members (excludes halogenated alkanes) is 14. The number of piperidine rings is 1. The zero-order valence-corrected chi connectivity index (χ0v) is 23.4. The molecular formula is C29H55NO4. The van der Waals surface area contributed by atoms with Gasteiger partial charge >= 0.3 is 11.9 Å². The van der Waals surface area contributed by atoms with Crippen LogP contribution in [0.4, 0.5) is 0 Å². The molecule has 0 N–H and O–H groups in total. The summed E-state index contributed by atoms with van der Waals surface area (Å²) in [6, 6.07) is 0. The van der Waals surface area contributed by atoms with Crippen LogP contribution >= 0.6 is 0 Å². The number of hydrogen-bond acceptors (Lipinski definition) is 5. The molecule has 0 saturated carbocycles. The number of ether oxygens (including phenoxy) is 1. The van der Waals surface area contributed by atoms with Crippen LogP contribution in [0.15, 0.2) is 0 Å². The number of hydrogen-bond donors (Lipinski definition) is 0. The van der Waals surface area contributed by atoms with Gasteiger partial charge in [0.1, 0.15) is 6.10 Å². The average Bonchev–Trinajstić information content (AvgIpc) is 2.73. The molecular weight excluding hydrogens is 426 g/mol. The largest absolute Gasteiger partial charge is 0.462 e. The first-order chi connectivity index (χ1) is 16.1. The van der Waals surface area contributed by atoms with Gasteiger partial charge in [0.25, 0.3) is 0 Å². The highest BCUT2D eigenvalue weighted by atomic mass is 16.7. The minimum Gasteiger partial charge on any atom is -0.462 e. The van der Waals surface area contributed by atoms with Gasteiger partial charge in [-0.3, -0.25) is 9.59 Å². The van der Waals surface area contributed by atoms with Gasteiger partial charge in [-0.05, 0) is 34.1 Å². The third-order valence-electron chi connectivity index (χ3n) is 7.06. The van der Waals surface area contributed by atoms with E-state index >= 15 is 0 Å². The Kier molecular flexibility index (Phi) is 15.1. The normalized spacial score (nSPS) is 18.1. The van der Waals surface area contributed by atoms with Crippen LogP contribution in [-0.4, -0.2) is 34.2 Å². The van der Waals surface area contributed by atoms with Crippen LogP contribution in [0.5, 0.6) is 0 Å². The van der Waals surface area contributed by atoms with Crippen molar-refractivity contribution in [3.63, 3.8) is 0 Å². The van der Waals surface area contributed by atoms with Crippen molar-refractivity contribution in [2.75, 3.05) is 0 Å². The third-order valence-corrected chi connectivity index (χ3v) is 7.06. The highest BCUT2D eigenvalue weighted by Crippen LogP contribution is 2.40. The number of esters is 1. The maximum atomic E-state index is 12.4. The topological polar surface area (TPSA) is 55.8 Å². The SMILES string of the molecule is CCCCCCCCCCCCCCCCCC(=O)OC1CC(C)(C)N(OC(C)=O)C(C)(C)C1. The first kappa shape index (κ1) is 30.9. The Morgan fingerprint density at radius 2 is 1.09 bits per heavy atom. The van der Waals surface area contributed by atoms with Crippen LogP contribution in [0.3, 0.4) is 0 Å². The van der Waals surface area contributed by atoms with Crippen molar-refractivity contribution in [3.8, 4) is 0 Å². The maximum Gasteiger partial charge on any atom is 0.322 e. The number of carbonyl (C=O) groups is 2. The summed E-state index contributed by atoms with van der Waals surface area (Å²) in [4.78, 5) is 29.4. The highest BCUT2D eigenvalue weighted by molar-refractivity contribution is 5.69. The predicted molar refractivity (Wildman–Crippen MR) is 140 cm³/mol. The van der Waals surface area contributed by atoms with E-state index < -0.39 is 0 Å². The molecule has 0 aromatic carbocycles. The van der Waals surface area contributed by atoms with Crippen molar-refractivity contribution in [3.05, 3.63) is 0 Å². The molecule has 0 bridgehead atoms. The van der Waals surface area contributed by atoms with Gasteiger partial charge in [0, 0.05) is 26.2 Å². The van der Waals surface area contributed by atoms with Crippen LogP contribution < -0.4 is 0 Å². The summed E-state index contributed by atoms with van der Waals surface area (Å²) in [5, 5.41) is 1.78. The number of carbonyl (C=O) groups excluding carboxylic acids is 2. The van der Waals surface area contributed by atoms with E-state index in [0.717, 1.165) is 12.8 Å². The molecule has 1 rings (SSSR count). The summed E-state index contributed by atoms with van der Waals surface area (Å²) in [5.74, 6) is -0.406. The Morgan fingerprint density at radius 3 is 1.47 bits per heavy atom. The first-order valence-corrected chi connectivity index (χ1v) is 14.3. The summed E-state index contributed by atoms with van der Waals surface area (Å²) in [5.41, 5.74) is -0.764. The van der Waals surface area contributed by atoms with Crippen molar-refractivity contribution < 1.29 is 19.2 Å².